The Balaban J connectivity index is 1.80. The molecule has 1 aliphatic rings. The summed E-state index contributed by atoms with van der Waals surface area (Å²) in [6.07, 6.45) is 1.74. The number of allylic oxidation sites excluding steroid dienone is 1. The third-order valence-electron chi connectivity index (χ3n) is 3.39. The number of hydrogen-bond donors (Lipinski definition) is 0. The number of aromatic nitrogens is 3. The highest BCUT2D eigenvalue weighted by Crippen LogP contribution is 2.33. The van der Waals surface area contributed by atoms with Crippen molar-refractivity contribution in [3.63, 3.8) is 0 Å². The monoisotopic (exact) mass is 290 g/mol. The first-order valence-electron chi connectivity index (χ1n) is 6.67. The number of ether oxygens (including phenoxy) is 2. The summed E-state index contributed by atoms with van der Waals surface area (Å²) in [5.41, 5.74) is 2.75. The van der Waals surface area contributed by atoms with E-state index >= 15 is 0 Å². The van der Waals surface area contributed by atoms with Crippen LogP contribution in [0.5, 0.6) is 11.5 Å². The first-order valence-corrected chi connectivity index (χ1v) is 6.67. The maximum Gasteiger partial charge on any atom is 0.231 e. The Morgan fingerprint density at radius 1 is 1.18 bits per heavy atom. The highest BCUT2D eigenvalue weighted by atomic mass is 16.7. The van der Waals surface area contributed by atoms with E-state index in [0.717, 1.165) is 16.6 Å². The van der Waals surface area contributed by atoms with Gasteiger partial charge in [0.1, 0.15) is 17.3 Å². The van der Waals surface area contributed by atoms with Crippen LogP contribution in [0, 0.1) is 11.3 Å². The molecule has 0 spiro atoms. The molecule has 6 heteroatoms. The minimum atomic E-state index is 0.224. The lowest BCUT2D eigenvalue weighted by atomic mass is 10.1. The van der Waals surface area contributed by atoms with E-state index in [1.165, 1.54) is 4.68 Å². The van der Waals surface area contributed by atoms with Gasteiger partial charge in [-0.05, 0) is 35.9 Å². The maximum atomic E-state index is 9.45. The van der Waals surface area contributed by atoms with Gasteiger partial charge in [0.05, 0.1) is 5.52 Å². The molecule has 2 heterocycles. The predicted molar refractivity (Wildman–Crippen MR) is 79.9 cm³/mol. The molecule has 1 aromatic heterocycles. The third-order valence-corrected chi connectivity index (χ3v) is 3.39. The Bertz CT molecular complexity index is 937. The quantitative estimate of drug-likeness (QED) is 0.678. The lowest BCUT2D eigenvalue weighted by Gasteiger charge is -2.01. The van der Waals surface area contributed by atoms with Gasteiger partial charge in [0.25, 0.3) is 0 Å². The molecule has 0 fully saturated rings. The van der Waals surface area contributed by atoms with Crippen LogP contribution in [-0.2, 0) is 0 Å². The molecule has 0 N–H and O–H groups in total. The number of rotatable bonds is 2. The number of para-hydroxylation sites is 1. The first-order chi connectivity index (χ1) is 10.8. The highest BCUT2D eigenvalue weighted by molar-refractivity contribution is 5.86. The second-order valence-electron chi connectivity index (χ2n) is 4.74. The molecule has 0 bridgehead atoms. The second kappa shape index (κ2) is 4.90. The zero-order valence-corrected chi connectivity index (χ0v) is 11.4. The van der Waals surface area contributed by atoms with E-state index in [2.05, 4.69) is 16.4 Å². The Morgan fingerprint density at radius 2 is 2.05 bits per heavy atom. The fraction of sp³-hybridized carbons (Fsp3) is 0.0625. The van der Waals surface area contributed by atoms with Crippen molar-refractivity contribution in [2.75, 3.05) is 6.79 Å². The molecule has 0 radical (unpaired) electrons. The van der Waals surface area contributed by atoms with Crippen molar-refractivity contribution < 1.29 is 9.47 Å². The Hall–Kier alpha value is -3.33. The zero-order chi connectivity index (χ0) is 14.9. The number of benzene rings is 2. The minimum Gasteiger partial charge on any atom is -0.454 e. The maximum absolute atomic E-state index is 9.45. The highest BCUT2D eigenvalue weighted by Gasteiger charge is 2.13. The van der Waals surface area contributed by atoms with E-state index in [-0.39, 0.29) is 6.79 Å². The molecular weight excluding hydrogens is 280 g/mol. The number of nitriles is 1. The number of nitrogens with zero attached hydrogens (tertiary/aromatic N) is 4. The van der Waals surface area contributed by atoms with Gasteiger partial charge in [-0.2, -0.15) is 5.26 Å². The summed E-state index contributed by atoms with van der Waals surface area (Å²) in [5.74, 6) is 1.39. The molecule has 22 heavy (non-hydrogen) atoms. The number of fused-ring (bicyclic) bond motifs is 2. The largest absolute Gasteiger partial charge is 0.454 e. The predicted octanol–water partition coefficient (Wildman–Crippen LogP) is 2.68. The van der Waals surface area contributed by atoms with Crippen LogP contribution >= 0.6 is 0 Å². The van der Waals surface area contributed by atoms with Crippen molar-refractivity contribution in [1.82, 2.24) is 15.0 Å². The topological polar surface area (TPSA) is 73.0 Å². The van der Waals surface area contributed by atoms with Crippen molar-refractivity contribution in [3.8, 4) is 17.6 Å². The standard InChI is InChI=1S/C16H10N4O2/c17-9-12(20-14-4-2-1-3-13(14)18-19-20)7-11-5-6-15-16(8-11)22-10-21-15/h1-8H,10H2/b12-7+. The fourth-order valence-corrected chi connectivity index (χ4v) is 2.35. The molecule has 0 unspecified atom stereocenters. The van der Waals surface area contributed by atoms with Gasteiger partial charge in [-0.3, -0.25) is 0 Å². The van der Waals surface area contributed by atoms with Crippen LogP contribution in [0.2, 0.25) is 0 Å². The second-order valence-corrected chi connectivity index (χ2v) is 4.74. The summed E-state index contributed by atoms with van der Waals surface area (Å²) in [5, 5.41) is 17.6. The van der Waals surface area contributed by atoms with Crippen LogP contribution in [0.25, 0.3) is 22.8 Å². The van der Waals surface area contributed by atoms with Gasteiger partial charge in [-0.15, -0.1) is 5.10 Å². The minimum absolute atomic E-state index is 0.224. The van der Waals surface area contributed by atoms with Gasteiger partial charge in [-0.25, -0.2) is 4.68 Å². The molecule has 0 saturated carbocycles. The van der Waals surface area contributed by atoms with Gasteiger partial charge in [0, 0.05) is 0 Å². The molecular formula is C16H10N4O2. The van der Waals surface area contributed by atoms with E-state index in [0.29, 0.717) is 17.2 Å². The van der Waals surface area contributed by atoms with Crippen LogP contribution in [0.15, 0.2) is 42.5 Å². The summed E-state index contributed by atoms with van der Waals surface area (Å²) in [7, 11) is 0. The molecule has 6 nitrogen and oxygen atoms in total. The van der Waals surface area contributed by atoms with Gasteiger partial charge in [0.15, 0.2) is 11.5 Å². The molecule has 4 rings (SSSR count). The number of hydrogen-bond acceptors (Lipinski definition) is 5. The first kappa shape index (κ1) is 12.4. The van der Waals surface area contributed by atoms with Gasteiger partial charge in [0.2, 0.25) is 6.79 Å². The molecule has 0 aliphatic carbocycles. The summed E-state index contributed by atoms with van der Waals surface area (Å²) in [6, 6.07) is 15.2. The van der Waals surface area contributed by atoms with Crippen LogP contribution in [-0.4, -0.2) is 21.8 Å². The summed E-state index contributed by atoms with van der Waals surface area (Å²) in [6.45, 7) is 0.224. The molecule has 1 aliphatic heterocycles. The Labute approximate surface area is 125 Å². The van der Waals surface area contributed by atoms with Gasteiger partial charge < -0.3 is 9.47 Å². The summed E-state index contributed by atoms with van der Waals surface area (Å²) >= 11 is 0. The van der Waals surface area contributed by atoms with Crippen molar-refractivity contribution >= 4 is 22.8 Å². The van der Waals surface area contributed by atoms with Crippen molar-refractivity contribution in [3.05, 3.63) is 48.0 Å². The Kier molecular flexibility index (Phi) is 2.76. The van der Waals surface area contributed by atoms with E-state index in [4.69, 9.17) is 9.47 Å². The zero-order valence-electron chi connectivity index (χ0n) is 11.4. The van der Waals surface area contributed by atoms with E-state index in [9.17, 15) is 5.26 Å². The van der Waals surface area contributed by atoms with Crippen LogP contribution in [0.4, 0.5) is 0 Å². The molecule has 0 saturated heterocycles. The molecule has 0 amide bonds. The van der Waals surface area contributed by atoms with Crippen LogP contribution < -0.4 is 9.47 Å². The summed E-state index contributed by atoms with van der Waals surface area (Å²) < 4.78 is 12.2. The Morgan fingerprint density at radius 3 is 2.95 bits per heavy atom. The average Bonchev–Trinajstić information content (AvgIpc) is 3.18. The van der Waals surface area contributed by atoms with Gasteiger partial charge in [-0.1, -0.05) is 23.4 Å². The van der Waals surface area contributed by atoms with E-state index < -0.39 is 0 Å². The third kappa shape index (κ3) is 1.96. The van der Waals surface area contributed by atoms with E-state index in [1.807, 2.05) is 42.5 Å². The molecule has 2 aromatic carbocycles. The average molecular weight is 290 g/mol. The van der Waals surface area contributed by atoms with Crippen molar-refractivity contribution in [1.29, 1.82) is 5.26 Å². The normalized spacial score (nSPS) is 13.3. The van der Waals surface area contributed by atoms with Crippen LogP contribution in [0.3, 0.4) is 0 Å². The van der Waals surface area contributed by atoms with Gasteiger partial charge >= 0.3 is 0 Å². The van der Waals surface area contributed by atoms with E-state index in [1.54, 1.807) is 6.08 Å². The smallest absolute Gasteiger partial charge is 0.231 e. The van der Waals surface area contributed by atoms with Crippen molar-refractivity contribution in [2.24, 2.45) is 0 Å². The lowest BCUT2D eigenvalue weighted by molar-refractivity contribution is 0.174. The molecule has 106 valence electrons. The van der Waals surface area contributed by atoms with Crippen LogP contribution in [0.1, 0.15) is 5.56 Å². The molecule has 0 atom stereocenters. The lowest BCUT2D eigenvalue weighted by Crippen LogP contribution is -1.97. The fourth-order valence-electron chi connectivity index (χ4n) is 2.35. The summed E-state index contributed by atoms with van der Waals surface area (Å²) in [4.78, 5) is 0. The SMILES string of the molecule is N#C/C(=C\c1ccc2c(c1)OCO2)n1nnc2ccccc21. The molecule has 3 aromatic rings. The van der Waals surface area contributed by atoms with Crippen molar-refractivity contribution in [2.45, 2.75) is 0 Å².